The van der Waals surface area contributed by atoms with Crippen LogP contribution in [0.5, 0.6) is 5.75 Å². The summed E-state index contributed by atoms with van der Waals surface area (Å²) in [5.74, 6) is -0.700. The fourth-order valence-electron chi connectivity index (χ4n) is 2.37. The Labute approximate surface area is 132 Å². The van der Waals surface area contributed by atoms with E-state index in [0.29, 0.717) is 19.6 Å². The molecule has 1 aromatic rings. The number of benzene rings is 1. The van der Waals surface area contributed by atoms with E-state index in [1.807, 2.05) is 6.92 Å². The van der Waals surface area contributed by atoms with E-state index in [2.05, 4.69) is 4.74 Å². The minimum atomic E-state index is -4.77. The lowest BCUT2D eigenvalue weighted by atomic mass is 9.90. The molecule has 0 bridgehead atoms. The molecule has 0 spiro atoms. The third-order valence-corrected chi connectivity index (χ3v) is 3.65. The second-order valence-electron chi connectivity index (χ2n) is 5.57. The zero-order valence-corrected chi connectivity index (χ0v) is 12.8. The van der Waals surface area contributed by atoms with Gasteiger partial charge in [0.15, 0.2) is 0 Å². The van der Waals surface area contributed by atoms with E-state index in [9.17, 15) is 18.0 Å². The maximum absolute atomic E-state index is 12.3. The van der Waals surface area contributed by atoms with Crippen molar-refractivity contribution in [2.45, 2.75) is 19.7 Å². The normalized spacial score (nSPS) is 21.4. The molecule has 0 aliphatic carbocycles. The first-order valence-electron chi connectivity index (χ1n) is 6.58. The molecule has 1 atom stereocenters. The van der Waals surface area contributed by atoms with E-state index >= 15 is 0 Å². The molecule has 0 saturated carbocycles. The molecule has 2 rings (SSSR count). The van der Waals surface area contributed by atoms with E-state index in [1.54, 1.807) is 4.90 Å². The van der Waals surface area contributed by atoms with Crippen LogP contribution in [0.25, 0.3) is 0 Å². The number of amides is 1. The van der Waals surface area contributed by atoms with Crippen LogP contribution in [0.4, 0.5) is 13.2 Å². The van der Waals surface area contributed by atoms with Gasteiger partial charge in [-0.15, -0.1) is 25.6 Å². The first kappa shape index (κ1) is 18.6. The molecule has 1 amide bonds. The van der Waals surface area contributed by atoms with E-state index in [-0.39, 0.29) is 29.3 Å². The molecule has 0 aromatic heterocycles. The molecule has 1 aliphatic rings. The van der Waals surface area contributed by atoms with Gasteiger partial charge < -0.3 is 15.4 Å². The van der Waals surface area contributed by atoms with Gasteiger partial charge in [-0.2, -0.15) is 0 Å². The van der Waals surface area contributed by atoms with Crippen LogP contribution >= 0.6 is 12.4 Å². The Bertz CT molecular complexity index is 539. The van der Waals surface area contributed by atoms with Crippen LogP contribution in [-0.4, -0.2) is 36.8 Å². The number of carbonyl (C=O) groups is 1. The maximum Gasteiger partial charge on any atom is 0.573 e. The van der Waals surface area contributed by atoms with Crippen LogP contribution < -0.4 is 10.5 Å². The maximum atomic E-state index is 12.3. The number of hydrogen-bond acceptors (Lipinski definition) is 3. The second-order valence-corrected chi connectivity index (χ2v) is 5.57. The number of halogens is 4. The number of rotatable bonds is 3. The van der Waals surface area contributed by atoms with Gasteiger partial charge in [0.1, 0.15) is 5.75 Å². The quantitative estimate of drug-likeness (QED) is 0.922. The van der Waals surface area contributed by atoms with E-state index in [4.69, 9.17) is 5.73 Å². The summed E-state index contributed by atoms with van der Waals surface area (Å²) in [6.45, 7) is 3.51. The van der Waals surface area contributed by atoms with Gasteiger partial charge in [0.05, 0.1) is 0 Å². The number of hydrogen-bond donors (Lipinski definition) is 1. The van der Waals surface area contributed by atoms with Gasteiger partial charge in [0.25, 0.3) is 5.91 Å². The molecule has 2 N–H and O–H groups in total. The highest BCUT2D eigenvalue weighted by Gasteiger charge is 2.35. The Morgan fingerprint density at radius 1 is 1.45 bits per heavy atom. The van der Waals surface area contributed by atoms with E-state index < -0.39 is 12.1 Å². The summed E-state index contributed by atoms with van der Waals surface area (Å²) in [6.07, 6.45) is -3.98. The van der Waals surface area contributed by atoms with Crippen LogP contribution in [0.3, 0.4) is 0 Å². The van der Waals surface area contributed by atoms with Crippen molar-refractivity contribution in [2.75, 3.05) is 19.6 Å². The number of alkyl halides is 3. The van der Waals surface area contributed by atoms with E-state index in [1.165, 1.54) is 12.1 Å². The molecular weight excluding hydrogens is 321 g/mol. The van der Waals surface area contributed by atoms with Crippen LogP contribution in [0.2, 0.25) is 0 Å². The van der Waals surface area contributed by atoms with Gasteiger partial charge in [0.2, 0.25) is 0 Å². The number of ether oxygens (including phenoxy) is 1. The number of likely N-dealkylation sites (tertiary alicyclic amines) is 1. The Morgan fingerprint density at radius 3 is 2.68 bits per heavy atom. The minimum Gasteiger partial charge on any atom is -0.406 e. The average Bonchev–Trinajstić information content (AvgIpc) is 2.80. The van der Waals surface area contributed by atoms with Crippen molar-refractivity contribution in [3.63, 3.8) is 0 Å². The molecule has 8 heteroatoms. The lowest BCUT2D eigenvalue weighted by Gasteiger charge is -2.22. The highest BCUT2D eigenvalue weighted by Crippen LogP contribution is 2.30. The molecule has 1 heterocycles. The van der Waals surface area contributed by atoms with Gasteiger partial charge in [-0.25, -0.2) is 0 Å². The second kappa shape index (κ2) is 6.75. The molecule has 1 aliphatic heterocycles. The van der Waals surface area contributed by atoms with Gasteiger partial charge in [0, 0.05) is 18.7 Å². The van der Waals surface area contributed by atoms with Crippen LogP contribution in [0.15, 0.2) is 24.3 Å². The standard InChI is InChI=1S/C14H17F3N2O2.ClH/c1-13(8-18)5-6-19(9-13)12(20)10-3-2-4-11(7-10)21-14(15,16)17;/h2-4,7H,5-6,8-9,18H2,1H3;1H. The van der Waals surface area contributed by atoms with Crippen molar-refractivity contribution in [3.05, 3.63) is 29.8 Å². The molecule has 22 heavy (non-hydrogen) atoms. The monoisotopic (exact) mass is 338 g/mol. The van der Waals surface area contributed by atoms with Gasteiger partial charge in [-0.05, 0) is 36.6 Å². The third kappa shape index (κ3) is 4.51. The van der Waals surface area contributed by atoms with Crippen LogP contribution in [-0.2, 0) is 0 Å². The smallest absolute Gasteiger partial charge is 0.406 e. The van der Waals surface area contributed by atoms with Crippen molar-refractivity contribution in [1.82, 2.24) is 4.90 Å². The van der Waals surface area contributed by atoms with Crippen molar-refractivity contribution >= 4 is 18.3 Å². The SMILES string of the molecule is CC1(CN)CCN(C(=O)c2cccc(OC(F)(F)F)c2)C1.Cl. The fraction of sp³-hybridized carbons (Fsp3) is 0.500. The summed E-state index contributed by atoms with van der Waals surface area (Å²) in [5.41, 5.74) is 5.73. The largest absolute Gasteiger partial charge is 0.573 e. The van der Waals surface area contributed by atoms with Crippen LogP contribution in [0.1, 0.15) is 23.7 Å². The molecule has 124 valence electrons. The Kier molecular flexibility index (Phi) is 5.70. The van der Waals surface area contributed by atoms with Gasteiger partial charge >= 0.3 is 6.36 Å². The van der Waals surface area contributed by atoms with Crippen LogP contribution in [0, 0.1) is 5.41 Å². The van der Waals surface area contributed by atoms with Crippen molar-refractivity contribution in [3.8, 4) is 5.75 Å². The molecule has 1 unspecified atom stereocenters. The Morgan fingerprint density at radius 2 is 2.14 bits per heavy atom. The molecule has 4 nitrogen and oxygen atoms in total. The zero-order valence-electron chi connectivity index (χ0n) is 12.0. The summed E-state index contributed by atoms with van der Waals surface area (Å²) in [6, 6.07) is 5.11. The first-order valence-corrected chi connectivity index (χ1v) is 6.58. The molecule has 0 radical (unpaired) electrons. The average molecular weight is 339 g/mol. The van der Waals surface area contributed by atoms with Crippen molar-refractivity contribution < 1.29 is 22.7 Å². The van der Waals surface area contributed by atoms with E-state index in [0.717, 1.165) is 18.6 Å². The predicted molar refractivity (Wildman–Crippen MR) is 78.1 cm³/mol. The topological polar surface area (TPSA) is 55.6 Å². The molecule has 1 fully saturated rings. The summed E-state index contributed by atoms with van der Waals surface area (Å²) in [5, 5.41) is 0. The lowest BCUT2D eigenvalue weighted by molar-refractivity contribution is -0.274. The van der Waals surface area contributed by atoms with Gasteiger partial charge in [-0.1, -0.05) is 13.0 Å². The number of nitrogens with two attached hydrogens (primary N) is 1. The van der Waals surface area contributed by atoms with Gasteiger partial charge in [-0.3, -0.25) is 4.79 Å². The highest BCUT2D eigenvalue weighted by atomic mass is 35.5. The number of nitrogens with zero attached hydrogens (tertiary/aromatic N) is 1. The molecule has 1 saturated heterocycles. The Hall–Kier alpha value is -1.47. The number of carbonyl (C=O) groups excluding carboxylic acids is 1. The predicted octanol–water partition coefficient (Wildman–Crippen LogP) is 2.82. The highest BCUT2D eigenvalue weighted by molar-refractivity contribution is 5.94. The molecular formula is C14H18ClF3N2O2. The third-order valence-electron chi connectivity index (χ3n) is 3.65. The summed E-state index contributed by atoms with van der Waals surface area (Å²) < 4.78 is 40.4. The zero-order chi connectivity index (χ0) is 15.7. The Balaban J connectivity index is 0.00000242. The fourth-order valence-corrected chi connectivity index (χ4v) is 2.37. The van der Waals surface area contributed by atoms with Crippen molar-refractivity contribution in [2.24, 2.45) is 11.1 Å². The summed E-state index contributed by atoms with van der Waals surface area (Å²) in [4.78, 5) is 13.9. The summed E-state index contributed by atoms with van der Waals surface area (Å²) in [7, 11) is 0. The van der Waals surface area contributed by atoms with Crippen molar-refractivity contribution in [1.29, 1.82) is 0 Å². The summed E-state index contributed by atoms with van der Waals surface area (Å²) >= 11 is 0. The molecule has 1 aromatic carbocycles. The minimum absolute atomic E-state index is 0. The lowest BCUT2D eigenvalue weighted by Crippen LogP contribution is -2.34. The first-order chi connectivity index (χ1) is 9.72.